The minimum absolute atomic E-state index is 0.0925. The molecule has 1 unspecified atom stereocenters. The lowest BCUT2D eigenvalue weighted by Crippen LogP contribution is -2.36. The maximum atomic E-state index is 14.1. The Balaban J connectivity index is 1.75. The molecule has 1 aliphatic carbocycles. The fraction of sp³-hybridized carbons (Fsp3) is 0.346. The lowest BCUT2D eigenvalue weighted by molar-refractivity contribution is -0.143. The van der Waals surface area contributed by atoms with Gasteiger partial charge in [-0.05, 0) is 42.2 Å². The summed E-state index contributed by atoms with van der Waals surface area (Å²) in [5, 5.41) is 10.5. The minimum atomic E-state index is -4.68. The van der Waals surface area contributed by atoms with Gasteiger partial charge in [-0.15, -0.1) is 0 Å². The average molecular weight is 507 g/mol. The lowest BCUT2D eigenvalue weighted by atomic mass is 10.1. The molecule has 1 N–H and O–H groups in total. The Morgan fingerprint density at radius 3 is 2.43 bits per heavy atom. The predicted molar refractivity (Wildman–Crippen MR) is 127 cm³/mol. The number of carbonyl (C=O) groups is 1. The van der Waals surface area contributed by atoms with Crippen molar-refractivity contribution in [2.45, 2.75) is 38.1 Å². The minimum Gasteiger partial charge on any atom is -0.393 e. The number of rotatable bonds is 6. The van der Waals surface area contributed by atoms with E-state index in [1.807, 2.05) is 0 Å². The second kappa shape index (κ2) is 10.3. The van der Waals surface area contributed by atoms with Gasteiger partial charge < -0.3 is 19.3 Å². The van der Waals surface area contributed by atoms with E-state index >= 15 is 0 Å². The SMILES string of the molecule is CN(CC1CCC[C@H]1O)C(=O)Oc1c(-c2ccc(Cl)cc2)cc(C(F)(F)F)n1Cc1ccccc1. The number of nitrogens with zero attached hydrogens (tertiary/aromatic N) is 2. The number of ether oxygens (including phenoxy) is 1. The number of carbonyl (C=O) groups excluding carboxylic acids is 1. The predicted octanol–water partition coefficient (Wildman–Crippen LogP) is 6.47. The molecule has 186 valence electrons. The molecule has 0 saturated heterocycles. The van der Waals surface area contributed by atoms with Crippen LogP contribution in [0.4, 0.5) is 18.0 Å². The third-order valence-electron chi connectivity index (χ3n) is 6.30. The molecular weight excluding hydrogens is 481 g/mol. The van der Waals surface area contributed by atoms with Crippen molar-refractivity contribution in [3.8, 4) is 17.0 Å². The second-order valence-corrected chi connectivity index (χ2v) is 9.27. The van der Waals surface area contributed by atoms with Crippen LogP contribution in [0.2, 0.25) is 5.02 Å². The van der Waals surface area contributed by atoms with E-state index < -0.39 is 24.1 Å². The van der Waals surface area contributed by atoms with Gasteiger partial charge in [0.15, 0.2) is 0 Å². The van der Waals surface area contributed by atoms with Crippen molar-refractivity contribution < 1.29 is 27.8 Å². The summed E-state index contributed by atoms with van der Waals surface area (Å²) in [7, 11) is 1.52. The number of benzene rings is 2. The summed E-state index contributed by atoms with van der Waals surface area (Å²) < 4.78 is 49.0. The maximum Gasteiger partial charge on any atom is 0.431 e. The molecular formula is C26H26ClF3N2O3. The standard InChI is InChI=1S/C26H26ClF3N2O3/c1-31(16-19-8-5-9-22(19)33)25(34)35-24-21(18-10-12-20(27)13-11-18)14-23(26(28,29)30)32(24)15-17-6-3-2-4-7-17/h2-4,6-7,10-14,19,22,33H,5,8-9,15-16H2,1H3/t19?,22-/m1/s1. The average Bonchev–Trinajstić information content (AvgIpc) is 3.38. The molecule has 1 fully saturated rings. The second-order valence-electron chi connectivity index (χ2n) is 8.83. The van der Waals surface area contributed by atoms with E-state index in [-0.39, 0.29) is 30.5 Å². The number of alkyl halides is 3. The highest BCUT2D eigenvalue weighted by Gasteiger charge is 2.38. The van der Waals surface area contributed by atoms with Crippen molar-refractivity contribution in [2.24, 2.45) is 5.92 Å². The number of halogens is 4. The molecule has 5 nitrogen and oxygen atoms in total. The van der Waals surface area contributed by atoms with Crippen LogP contribution in [-0.2, 0) is 12.7 Å². The van der Waals surface area contributed by atoms with Gasteiger partial charge in [-0.25, -0.2) is 4.79 Å². The topological polar surface area (TPSA) is 54.7 Å². The number of aliphatic hydroxyl groups is 1. The van der Waals surface area contributed by atoms with Crippen LogP contribution in [0.5, 0.6) is 5.88 Å². The van der Waals surface area contributed by atoms with Crippen molar-refractivity contribution in [3.63, 3.8) is 0 Å². The fourth-order valence-corrected chi connectivity index (χ4v) is 4.58. The summed E-state index contributed by atoms with van der Waals surface area (Å²) in [5.41, 5.74) is 0.259. The highest BCUT2D eigenvalue weighted by molar-refractivity contribution is 6.30. The van der Waals surface area contributed by atoms with Crippen LogP contribution in [0, 0.1) is 5.92 Å². The van der Waals surface area contributed by atoms with Crippen LogP contribution >= 0.6 is 11.6 Å². The number of aliphatic hydroxyl groups excluding tert-OH is 1. The molecule has 3 aromatic rings. The molecule has 1 aromatic heterocycles. The summed E-state index contributed by atoms with van der Waals surface area (Å²) in [6.07, 6.45) is -3.67. The zero-order valence-corrected chi connectivity index (χ0v) is 19.9. The Labute approximate surface area is 206 Å². The molecule has 0 aliphatic heterocycles. The first-order valence-corrected chi connectivity index (χ1v) is 11.7. The van der Waals surface area contributed by atoms with Crippen molar-refractivity contribution in [3.05, 3.63) is 76.9 Å². The highest BCUT2D eigenvalue weighted by Crippen LogP contribution is 2.41. The zero-order valence-electron chi connectivity index (χ0n) is 19.1. The van der Waals surface area contributed by atoms with Crippen molar-refractivity contribution in [1.82, 2.24) is 9.47 Å². The van der Waals surface area contributed by atoms with Crippen LogP contribution in [0.1, 0.15) is 30.5 Å². The van der Waals surface area contributed by atoms with Gasteiger partial charge in [0.2, 0.25) is 5.88 Å². The van der Waals surface area contributed by atoms with Crippen LogP contribution in [0.3, 0.4) is 0 Å². The maximum absolute atomic E-state index is 14.1. The third-order valence-corrected chi connectivity index (χ3v) is 6.55. The lowest BCUT2D eigenvalue weighted by Gasteiger charge is -2.23. The van der Waals surface area contributed by atoms with Gasteiger partial charge in [-0.3, -0.25) is 0 Å². The Kier molecular flexibility index (Phi) is 7.42. The normalized spacial score (nSPS) is 18.0. The monoisotopic (exact) mass is 506 g/mol. The van der Waals surface area contributed by atoms with Gasteiger partial charge in [0, 0.05) is 30.1 Å². The molecule has 0 radical (unpaired) electrons. The van der Waals surface area contributed by atoms with Crippen molar-refractivity contribution in [1.29, 1.82) is 0 Å². The summed E-state index contributed by atoms with van der Waals surface area (Å²) >= 11 is 5.98. The molecule has 1 amide bonds. The van der Waals surface area contributed by atoms with Crippen LogP contribution in [0.15, 0.2) is 60.7 Å². The quantitative estimate of drug-likeness (QED) is 0.417. The Hall–Kier alpha value is -2.97. The smallest absolute Gasteiger partial charge is 0.393 e. The van der Waals surface area contributed by atoms with E-state index in [1.54, 1.807) is 54.6 Å². The van der Waals surface area contributed by atoms with Crippen molar-refractivity contribution >= 4 is 17.7 Å². The zero-order chi connectivity index (χ0) is 25.2. The molecule has 1 aliphatic rings. The molecule has 0 bridgehead atoms. The van der Waals surface area contributed by atoms with E-state index in [0.717, 1.165) is 23.5 Å². The van der Waals surface area contributed by atoms with E-state index in [0.29, 0.717) is 22.6 Å². The Bertz CT molecular complexity index is 1160. The van der Waals surface area contributed by atoms with E-state index in [1.165, 1.54) is 11.9 Å². The molecule has 9 heteroatoms. The third kappa shape index (κ3) is 5.82. The van der Waals surface area contributed by atoms with Gasteiger partial charge in [0.05, 0.1) is 12.6 Å². The molecule has 35 heavy (non-hydrogen) atoms. The van der Waals surface area contributed by atoms with Gasteiger partial charge in [-0.1, -0.05) is 60.5 Å². The van der Waals surface area contributed by atoms with Crippen LogP contribution < -0.4 is 4.74 Å². The van der Waals surface area contributed by atoms with Gasteiger partial charge in [0.1, 0.15) is 5.69 Å². The first-order chi connectivity index (χ1) is 16.6. The Morgan fingerprint density at radius 2 is 1.83 bits per heavy atom. The molecule has 2 aromatic carbocycles. The van der Waals surface area contributed by atoms with Crippen LogP contribution in [0.25, 0.3) is 11.1 Å². The van der Waals surface area contributed by atoms with E-state index in [2.05, 4.69) is 0 Å². The molecule has 2 atom stereocenters. The molecule has 1 saturated carbocycles. The molecule has 1 heterocycles. The van der Waals surface area contributed by atoms with Crippen LogP contribution in [-0.4, -0.2) is 40.4 Å². The first kappa shape index (κ1) is 25.1. The highest BCUT2D eigenvalue weighted by atomic mass is 35.5. The van der Waals surface area contributed by atoms with Crippen molar-refractivity contribution in [2.75, 3.05) is 13.6 Å². The summed E-state index contributed by atoms with van der Waals surface area (Å²) in [6, 6.07) is 16.0. The van der Waals surface area contributed by atoms with E-state index in [4.69, 9.17) is 16.3 Å². The molecule has 4 rings (SSSR count). The van der Waals surface area contributed by atoms with E-state index in [9.17, 15) is 23.1 Å². The van der Waals surface area contributed by atoms with Gasteiger partial charge in [-0.2, -0.15) is 13.2 Å². The summed E-state index contributed by atoms with van der Waals surface area (Å²) in [4.78, 5) is 14.3. The first-order valence-electron chi connectivity index (χ1n) is 11.3. The Morgan fingerprint density at radius 1 is 1.14 bits per heavy atom. The summed E-state index contributed by atoms with van der Waals surface area (Å²) in [6.45, 7) is 0.110. The fourth-order valence-electron chi connectivity index (χ4n) is 4.45. The number of aromatic nitrogens is 1. The largest absolute Gasteiger partial charge is 0.431 e. The molecule has 0 spiro atoms. The van der Waals surface area contributed by atoms with Gasteiger partial charge in [0.25, 0.3) is 0 Å². The number of hydrogen-bond acceptors (Lipinski definition) is 3. The number of amides is 1. The number of hydrogen-bond donors (Lipinski definition) is 1. The summed E-state index contributed by atoms with van der Waals surface area (Å²) in [5.74, 6) is -0.294. The van der Waals surface area contributed by atoms with Gasteiger partial charge >= 0.3 is 12.3 Å².